The van der Waals surface area contributed by atoms with Crippen molar-refractivity contribution in [3.05, 3.63) is 29.3 Å². The summed E-state index contributed by atoms with van der Waals surface area (Å²) in [6.07, 6.45) is 0.362. The number of aromatic nitrogens is 3. The van der Waals surface area contributed by atoms with E-state index in [4.69, 9.17) is 14.0 Å². The highest BCUT2D eigenvalue weighted by atomic mass is 19.1. The molecule has 0 amide bonds. The van der Waals surface area contributed by atoms with Gasteiger partial charge < -0.3 is 24.2 Å². The van der Waals surface area contributed by atoms with Crippen LogP contribution < -0.4 is 15.0 Å². The maximum atomic E-state index is 15.3. The highest BCUT2D eigenvalue weighted by Crippen LogP contribution is 2.39. The Morgan fingerprint density at radius 1 is 1.21 bits per heavy atom. The number of nitrogens with zero attached hydrogens (tertiary/aromatic N) is 4. The first-order valence-corrected chi connectivity index (χ1v) is 11.2. The number of hydrogen-bond donors (Lipinski definition) is 1. The minimum Gasteiger partial charge on any atom is -0.497 e. The Balaban J connectivity index is 1.55. The number of anilines is 1. The van der Waals surface area contributed by atoms with Crippen LogP contribution in [0.25, 0.3) is 22.4 Å². The molecule has 1 N–H and O–H groups in total. The third kappa shape index (κ3) is 4.13. The van der Waals surface area contributed by atoms with Crippen LogP contribution in [0.5, 0.6) is 5.75 Å². The van der Waals surface area contributed by atoms with Crippen molar-refractivity contribution in [2.45, 2.75) is 44.9 Å². The number of fused-ring (bicyclic) bond motifs is 1. The molecule has 10 heteroatoms. The van der Waals surface area contributed by atoms with Gasteiger partial charge in [0.2, 0.25) is 0 Å². The third-order valence-corrected chi connectivity index (χ3v) is 6.45. The topological polar surface area (TPSA) is 85.5 Å². The zero-order valence-corrected chi connectivity index (χ0v) is 18.9. The summed E-state index contributed by atoms with van der Waals surface area (Å²) in [5.41, 5.74) is 1.50. The molecule has 0 spiro atoms. The van der Waals surface area contributed by atoms with Crippen molar-refractivity contribution in [1.29, 1.82) is 0 Å². The Bertz CT molecular complexity index is 1160. The van der Waals surface area contributed by atoms with E-state index in [2.05, 4.69) is 20.4 Å². The number of aryl methyl sites for hydroxylation is 2. The van der Waals surface area contributed by atoms with Crippen LogP contribution in [-0.4, -0.2) is 66.8 Å². The average Bonchev–Trinajstić information content (AvgIpc) is 3.47. The molecule has 176 valence electrons. The van der Waals surface area contributed by atoms with E-state index in [0.29, 0.717) is 54.5 Å². The van der Waals surface area contributed by atoms with Crippen LogP contribution in [0, 0.1) is 19.7 Å². The maximum Gasteiger partial charge on any atom is 0.261 e. The first-order chi connectivity index (χ1) is 15.9. The van der Waals surface area contributed by atoms with Crippen molar-refractivity contribution in [2.24, 2.45) is 0 Å². The smallest absolute Gasteiger partial charge is 0.261 e. The summed E-state index contributed by atoms with van der Waals surface area (Å²) < 4.78 is 46.3. The fourth-order valence-electron chi connectivity index (χ4n) is 4.69. The molecular weight excluding hydrogens is 432 g/mol. The number of rotatable bonds is 5. The molecule has 3 aromatic rings. The molecule has 0 aliphatic carbocycles. The molecule has 0 radical (unpaired) electrons. The SMILES string of the molecule is COc1cc(F)c2nc(N3CC[C@H](N[C@@H]4CCOC4)[C@@H](F)C3)c(-c3nc(C)no3)c(C)c2c1. The molecule has 3 atom stereocenters. The molecule has 2 fully saturated rings. The third-order valence-electron chi connectivity index (χ3n) is 6.45. The van der Waals surface area contributed by atoms with E-state index in [0.717, 1.165) is 12.0 Å². The number of pyridine rings is 1. The van der Waals surface area contributed by atoms with Gasteiger partial charge in [-0.15, -0.1) is 0 Å². The van der Waals surface area contributed by atoms with Gasteiger partial charge in [0.1, 0.15) is 23.3 Å². The predicted molar refractivity (Wildman–Crippen MR) is 119 cm³/mol. The van der Waals surface area contributed by atoms with Crippen molar-refractivity contribution in [1.82, 2.24) is 20.4 Å². The molecule has 2 aliphatic heterocycles. The van der Waals surface area contributed by atoms with Crippen molar-refractivity contribution in [3.63, 3.8) is 0 Å². The van der Waals surface area contributed by atoms with Crippen LogP contribution in [0.15, 0.2) is 16.7 Å². The normalized spacial score (nSPS) is 23.4. The lowest BCUT2D eigenvalue weighted by molar-refractivity contribution is 0.172. The van der Waals surface area contributed by atoms with Gasteiger partial charge in [-0.2, -0.15) is 4.98 Å². The van der Waals surface area contributed by atoms with E-state index in [1.165, 1.54) is 13.2 Å². The first-order valence-electron chi connectivity index (χ1n) is 11.2. The van der Waals surface area contributed by atoms with Gasteiger partial charge in [-0.1, -0.05) is 5.16 Å². The van der Waals surface area contributed by atoms with Gasteiger partial charge in [-0.05, 0) is 38.3 Å². The summed E-state index contributed by atoms with van der Waals surface area (Å²) in [4.78, 5) is 10.9. The minimum absolute atomic E-state index is 0.126. The van der Waals surface area contributed by atoms with Crippen LogP contribution >= 0.6 is 0 Å². The quantitative estimate of drug-likeness (QED) is 0.622. The fraction of sp³-hybridized carbons (Fsp3) is 0.522. The summed E-state index contributed by atoms with van der Waals surface area (Å²) in [5, 5.41) is 7.88. The van der Waals surface area contributed by atoms with Crippen LogP contribution in [0.4, 0.5) is 14.6 Å². The summed E-state index contributed by atoms with van der Waals surface area (Å²) in [6, 6.07) is 2.95. The van der Waals surface area contributed by atoms with Gasteiger partial charge in [0.15, 0.2) is 11.6 Å². The second-order valence-electron chi connectivity index (χ2n) is 8.67. The van der Waals surface area contributed by atoms with Crippen LogP contribution in [0.3, 0.4) is 0 Å². The summed E-state index contributed by atoms with van der Waals surface area (Å²) >= 11 is 0. The van der Waals surface area contributed by atoms with Gasteiger partial charge >= 0.3 is 0 Å². The van der Waals surface area contributed by atoms with Gasteiger partial charge in [0.25, 0.3) is 5.89 Å². The Morgan fingerprint density at radius 3 is 2.73 bits per heavy atom. The van der Waals surface area contributed by atoms with Crippen LogP contribution in [-0.2, 0) is 4.74 Å². The number of ether oxygens (including phenoxy) is 2. The van der Waals surface area contributed by atoms with E-state index in [1.54, 1.807) is 13.0 Å². The lowest BCUT2D eigenvalue weighted by Crippen LogP contribution is -2.54. The lowest BCUT2D eigenvalue weighted by Gasteiger charge is -2.37. The highest BCUT2D eigenvalue weighted by molar-refractivity contribution is 5.93. The minimum atomic E-state index is -1.12. The van der Waals surface area contributed by atoms with Crippen molar-refractivity contribution >= 4 is 16.7 Å². The lowest BCUT2D eigenvalue weighted by atomic mass is 9.98. The fourth-order valence-corrected chi connectivity index (χ4v) is 4.69. The molecule has 2 saturated heterocycles. The van der Waals surface area contributed by atoms with Gasteiger partial charge in [-0.25, -0.2) is 13.8 Å². The zero-order chi connectivity index (χ0) is 23.1. The number of methoxy groups -OCH3 is 1. The van der Waals surface area contributed by atoms with E-state index in [1.807, 2.05) is 11.8 Å². The molecule has 0 saturated carbocycles. The predicted octanol–water partition coefficient (Wildman–Crippen LogP) is 3.34. The molecule has 2 aliphatic rings. The van der Waals surface area contributed by atoms with Gasteiger partial charge in [0, 0.05) is 36.7 Å². The molecule has 5 rings (SSSR count). The van der Waals surface area contributed by atoms with Crippen LogP contribution in [0.1, 0.15) is 24.2 Å². The van der Waals surface area contributed by atoms with Crippen molar-refractivity contribution in [2.75, 3.05) is 38.3 Å². The maximum absolute atomic E-state index is 15.3. The molecule has 2 aromatic heterocycles. The summed E-state index contributed by atoms with van der Waals surface area (Å²) in [5.74, 6) is 1.07. The molecule has 0 bridgehead atoms. The molecule has 4 heterocycles. The van der Waals surface area contributed by atoms with E-state index in [-0.39, 0.29) is 30.0 Å². The summed E-state index contributed by atoms with van der Waals surface area (Å²) in [6.45, 7) is 5.57. The molecule has 0 unspecified atom stereocenters. The van der Waals surface area contributed by atoms with E-state index in [9.17, 15) is 4.39 Å². The Kier molecular flexibility index (Phi) is 5.88. The first kappa shape index (κ1) is 22.0. The number of nitrogens with one attached hydrogen (secondary N) is 1. The van der Waals surface area contributed by atoms with Gasteiger partial charge in [-0.3, -0.25) is 0 Å². The van der Waals surface area contributed by atoms with Crippen molar-refractivity contribution in [3.8, 4) is 17.2 Å². The second-order valence-corrected chi connectivity index (χ2v) is 8.67. The highest BCUT2D eigenvalue weighted by Gasteiger charge is 2.34. The monoisotopic (exact) mass is 459 g/mol. The largest absolute Gasteiger partial charge is 0.497 e. The standard InChI is InChI=1S/C23H27F2N5O3/c1-12-16-8-15(31-3)9-17(24)21(16)28-22(20(12)23-26-13(2)29-33-23)30-6-4-19(18(25)10-30)27-14-5-7-32-11-14/h8-9,14,18-19,27H,4-7,10-11H2,1-3H3/t14-,18+,19+/m1/s1. The Morgan fingerprint density at radius 2 is 2.06 bits per heavy atom. The molecule has 1 aromatic carbocycles. The second kappa shape index (κ2) is 8.83. The van der Waals surface area contributed by atoms with Crippen LogP contribution in [0.2, 0.25) is 0 Å². The summed E-state index contributed by atoms with van der Waals surface area (Å²) in [7, 11) is 1.48. The number of piperidine rings is 1. The molecule has 8 nitrogen and oxygen atoms in total. The van der Waals surface area contributed by atoms with Gasteiger partial charge in [0.05, 0.1) is 25.8 Å². The molecular formula is C23H27F2N5O3. The molecule has 33 heavy (non-hydrogen) atoms. The van der Waals surface area contributed by atoms with E-state index < -0.39 is 12.0 Å². The zero-order valence-electron chi connectivity index (χ0n) is 18.9. The Hall–Kier alpha value is -2.85. The van der Waals surface area contributed by atoms with E-state index >= 15 is 4.39 Å². The Labute approximate surface area is 190 Å². The average molecular weight is 459 g/mol. The number of benzene rings is 1. The number of hydrogen-bond acceptors (Lipinski definition) is 8. The number of alkyl halides is 1. The number of halogens is 2. The van der Waals surface area contributed by atoms with Crippen molar-refractivity contribution < 1.29 is 22.8 Å².